The maximum atomic E-state index is 14.1. The highest BCUT2D eigenvalue weighted by molar-refractivity contribution is 7.93. The number of sulfonamides is 1. The van der Waals surface area contributed by atoms with Crippen molar-refractivity contribution in [1.82, 2.24) is 14.7 Å². The van der Waals surface area contributed by atoms with Gasteiger partial charge in [-0.05, 0) is 66.9 Å². The molecule has 1 aliphatic rings. The second kappa shape index (κ2) is 11.6. The predicted molar refractivity (Wildman–Crippen MR) is 162 cm³/mol. The van der Waals surface area contributed by atoms with E-state index in [1.54, 1.807) is 11.0 Å². The summed E-state index contributed by atoms with van der Waals surface area (Å²) in [7, 11) is -4.25. The van der Waals surface area contributed by atoms with Crippen molar-refractivity contribution in [2.24, 2.45) is 0 Å². The summed E-state index contributed by atoms with van der Waals surface area (Å²) >= 11 is 6.45. The van der Waals surface area contributed by atoms with Crippen LogP contribution in [-0.2, 0) is 16.6 Å². The number of fused-ring (bicyclic) bond motifs is 1. The van der Waals surface area contributed by atoms with Crippen LogP contribution in [0.5, 0.6) is 0 Å². The molecule has 0 spiro atoms. The summed E-state index contributed by atoms with van der Waals surface area (Å²) < 4.78 is 45.1. The number of anilines is 1. The van der Waals surface area contributed by atoms with Crippen LogP contribution in [0.2, 0.25) is 5.02 Å². The lowest BCUT2D eigenvalue weighted by Crippen LogP contribution is -2.39. The van der Waals surface area contributed by atoms with Gasteiger partial charge in [-0.3, -0.25) is 13.8 Å². The maximum Gasteiger partial charge on any atom is 0.266 e. The highest BCUT2D eigenvalue weighted by atomic mass is 35.5. The van der Waals surface area contributed by atoms with E-state index >= 15 is 0 Å². The number of aromatic nitrogens is 2. The lowest BCUT2D eigenvalue weighted by molar-refractivity contribution is 0.0691. The molecule has 0 atom stereocenters. The molecule has 10 heteroatoms. The molecule has 1 aliphatic heterocycles. The predicted octanol–water partition coefficient (Wildman–Crippen LogP) is 6.70. The Balaban J connectivity index is 1.25. The molecule has 1 amide bonds. The minimum Gasteiger partial charge on any atom is -0.338 e. The van der Waals surface area contributed by atoms with Gasteiger partial charge in [0.25, 0.3) is 15.9 Å². The molecule has 1 saturated heterocycles. The Morgan fingerprint density at radius 2 is 1.62 bits per heavy atom. The third-order valence-corrected chi connectivity index (χ3v) is 9.89. The van der Waals surface area contributed by atoms with Crippen molar-refractivity contribution in [3.63, 3.8) is 0 Å². The topological polar surface area (TPSA) is 75.5 Å². The summed E-state index contributed by atoms with van der Waals surface area (Å²) in [6, 6.07) is 26.9. The van der Waals surface area contributed by atoms with E-state index in [0.29, 0.717) is 13.1 Å². The molecule has 214 valence electrons. The average molecular weight is 603 g/mol. The number of hydrogen-bond donors (Lipinski definition) is 0. The second-order valence-electron chi connectivity index (χ2n) is 10.3. The zero-order valence-electron chi connectivity index (χ0n) is 22.6. The summed E-state index contributed by atoms with van der Waals surface area (Å²) in [4.78, 5) is 15.1. The largest absolute Gasteiger partial charge is 0.338 e. The third-order valence-electron chi connectivity index (χ3n) is 7.63. The van der Waals surface area contributed by atoms with Gasteiger partial charge in [0.1, 0.15) is 10.7 Å². The Morgan fingerprint density at radius 1 is 0.929 bits per heavy atom. The number of nitrogens with zero attached hydrogens (tertiary/aromatic N) is 4. The molecular weight excluding hydrogens is 575 g/mol. The summed E-state index contributed by atoms with van der Waals surface area (Å²) in [5, 5.41) is 5.65. The zero-order valence-corrected chi connectivity index (χ0v) is 24.2. The van der Waals surface area contributed by atoms with E-state index in [1.165, 1.54) is 40.7 Å². The quantitative estimate of drug-likeness (QED) is 0.208. The minimum atomic E-state index is -4.25. The van der Waals surface area contributed by atoms with Crippen molar-refractivity contribution < 1.29 is 17.6 Å². The molecule has 0 N–H and O–H groups in total. The fourth-order valence-corrected chi connectivity index (χ4v) is 7.36. The van der Waals surface area contributed by atoms with Gasteiger partial charge in [-0.15, -0.1) is 0 Å². The lowest BCUT2D eigenvalue weighted by atomic mass is 10.0. The first-order valence-corrected chi connectivity index (χ1v) is 15.5. The molecule has 6 rings (SSSR count). The SMILES string of the molecule is O=C(c1ccc(Cl)c(S(=O)(=O)N(Cc2ccccc2)c2ccc(F)cc2)c1)N1CCC(n2ncc3ccccc32)CC1. The van der Waals surface area contributed by atoms with Crippen LogP contribution < -0.4 is 4.31 Å². The van der Waals surface area contributed by atoms with Gasteiger partial charge in [-0.2, -0.15) is 5.10 Å². The number of piperidine rings is 1. The first-order valence-electron chi connectivity index (χ1n) is 13.6. The number of carbonyl (C=O) groups excluding carboxylic acids is 1. The van der Waals surface area contributed by atoms with Gasteiger partial charge in [-0.1, -0.05) is 60.1 Å². The zero-order chi connectivity index (χ0) is 29.3. The van der Waals surface area contributed by atoms with Gasteiger partial charge < -0.3 is 4.90 Å². The Bertz CT molecular complexity index is 1840. The number of benzene rings is 4. The van der Waals surface area contributed by atoms with E-state index in [1.807, 2.05) is 65.5 Å². The third kappa shape index (κ3) is 5.49. The number of halogens is 2. The lowest BCUT2D eigenvalue weighted by Gasteiger charge is -2.32. The number of likely N-dealkylation sites (tertiary alicyclic amines) is 1. The maximum absolute atomic E-state index is 14.1. The molecule has 7 nitrogen and oxygen atoms in total. The van der Waals surface area contributed by atoms with Gasteiger partial charge in [0.05, 0.1) is 35.0 Å². The van der Waals surface area contributed by atoms with E-state index in [9.17, 15) is 17.6 Å². The van der Waals surface area contributed by atoms with Crippen LogP contribution in [0.25, 0.3) is 10.9 Å². The van der Waals surface area contributed by atoms with Crippen LogP contribution in [0.15, 0.2) is 108 Å². The van der Waals surface area contributed by atoms with Gasteiger partial charge in [0.2, 0.25) is 0 Å². The number of carbonyl (C=O) groups is 1. The number of amides is 1. The molecule has 0 bridgehead atoms. The average Bonchev–Trinajstić information content (AvgIpc) is 3.45. The smallest absolute Gasteiger partial charge is 0.266 e. The van der Waals surface area contributed by atoms with Crippen molar-refractivity contribution >= 4 is 44.1 Å². The molecular formula is C32H28ClFN4O3S. The standard InChI is InChI=1S/C32H28ClFN4O3S/c33-29-15-10-24(32(39)36-18-16-28(17-19-36)38-30-9-5-4-8-25(30)21-35-38)20-31(29)42(40,41)37(22-23-6-2-1-3-7-23)27-13-11-26(34)12-14-27/h1-15,20-21,28H,16-19,22H2. The summed E-state index contributed by atoms with van der Waals surface area (Å²) in [6.45, 7) is 1.02. The monoisotopic (exact) mass is 602 g/mol. The Hall–Kier alpha value is -4.21. The van der Waals surface area contributed by atoms with Crippen molar-refractivity contribution in [3.05, 3.63) is 125 Å². The van der Waals surface area contributed by atoms with E-state index in [-0.39, 0.29) is 39.7 Å². The Kier molecular flexibility index (Phi) is 7.70. The Morgan fingerprint density at radius 3 is 2.36 bits per heavy atom. The van der Waals surface area contributed by atoms with Gasteiger partial charge >= 0.3 is 0 Å². The molecule has 4 aromatic carbocycles. The summed E-state index contributed by atoms with van der Waals surface area (Å²) in [5.74, 6) is -0.741. The van der Waals surface area contributed by atoms with Gasteiger partial charge in [0.15, 0.2) is 0 Å². The molecule has 5 aromatic rings. The molecule has 1 aromatic heterocycles. The highest BCUT2D eigenvalue weighted by Crippen LogP contribution is 2.32. The van der Waals surface area contributed by atoms with E-state index in [4.69, 9.17) is 11.6 Å². The Labute approximate surface area is 248 Å². The van der Waals surface area contributed by atoms with Crippen LogP contribution in [0.3, 0.4) is 0 Å². The first-order chi connectivity index (χ1) is 20.3. The van der Waals surface area contributed by atoms with Crippen molar-refractivity contribution in [3.8, 4) is 0 Å². The van der Waals surface area contributed by atoms with E-state index < -0.39 is 15.8 Å². The summed E-state index contributed by atoms with van der Waals surface area (Å²) in [6.07, 6.45) is 3.31. The molecule has 0 radical (unpaired) electrons. The molecule has 2 heterocycles. The fraction of sp³-hybridized carbons (Fsp3) is 0.188. The summed E-state index contributed by atoms with van der Waals surface area (Å²) in [5.41, 5.74) is 2.32. The first kappa shape index (κ1) is 27.9. The number of rotatable bonds is 7. The van der Waals surface area contributed by atoms with E-state index in [0.717, 1.165) is 29.3 Å². The van der Waals surface area contributed by atoms with Gasteiger partial charge in [-0.25, -0.2) is 12.8 Å². The molecule has 0 aliphatic carbocycles. The van der Waals surface area contributed by atoms with Crippen LogP contribution in [0, 0.1) is 5.82 Å². The van der Waals surface area contributed by atoms with Crippen LogP contribution in [-0.4, -0.2) is 42.1 Å². The van der Waals surface area contributed by atoms with Crippen molar-refractivity contribution in [2.75, 3.05) is 17.4 Å². The molecule has 0 unspecified atom stereocenters. The van der Waals surface area contributed by atoms with Gasteiger partial charge in [0, 0.05) is 24.0 Å². The van der Waals surface area contributed by atoms with E-state index in [2.05, 4.69) is 5.10 Å². The number of hydrogen-bond acceptors (Lipinski definition) is 4. The molecule has 0 saturated carbocycles. The highest BCUT2D eigenvalue weighted by Gasteiger charge is 2.31. The molecule has 42 heavy (non-hydrogen) atoms. The minimum absolute atomic E-state index is 0.00106. The van der Waals surface area contributed by atoms with Crippen molar-refractivity contribution in [2.45, 2.75) is 30.3 Å². The number of para-hydroxylation sites is 1. The van der Waals surface area contributed by atoms with Crippen molar-refractivity contribution in [1.29, 1.82) is 0 Å². The van der Waals surface area contributed by atoms with Crippen LogP contribution in [0.4, 0.5) is 10.1 Å². The van der Waals surface area contributed by atoms with Crippen LogP contribution in [0.1, 0.15) is 34.8 Å². The second-order valence-corrected chi connectivity index (χ2v) is 12.5. The molecule has 1 fully saturated rings. The fourth-order valence-electron chi connectivity index (χ4n) is 5.40. The normalized spacial score (nSPS) is 14.3. The van der Waals surface area contributed by atoms with Crippen LogP contribution >= 0.6 is 11.6 Å².